The number of benzene rings is 3. The summed E-state index contributed by atoms with van der Waals surface area (Å²) in [7, 11) is -2.08. The molecule has 0 heterocycles. The summed E-state index contributed by atoms with van der Waals surface area (Å²) in [6, 6.07) is 24.1. The van der Waals surface area contributed by atoms with E-state index in [-0.39, 0.29) is 13.7 Å². The molecular formula is C23H26N2O3S. The summed E-state index contributed by atoms with van der Waals surface area (Å²) in [5.41, 5.74) is 3.12. The Bertz CT molecular complexity index is 1150. The van der Waals surface area contributed by atoms with Gasteiger partial charge in [0.15, 0.2) is 0 Å². The Hall–Kier alpha value is -2.96. The van der Waals surface area contributed by atoms with E-state index in [0.717, 1.165) is 35.2 Å². The molecule has 0 spiro atoms. The van der Waals surface area contributed by atoms with Gasteiger partial charge in [0, 0.05) is 8.54 Å². The Morgan fingerprint density at radius 1 is 0.897 bits per heavy atom. The van der Waals surface area contributed by atoms with E-state index in [4.69, 9.17) is 0 Å². The van der Waals surface area contributed by atoms with Crippen LogP contribution in [-0.2, 0) is 20.2 Å². The summed E-state index contributed by atoms with van der Waals surface area (Å²) in [6.45, 7) is 0. The molecule has 0 saturated heterocycles. The fraction of sp³-hybridized carbons (Fsp3) is 0.174. The number of anilines is 1. The minimum absolute atomic E-state index is 0. The van der Waals surface area contributed by atoms with Gasteiger partial charge in [0.1, 0.15) is 0 Å². The van der Waals surface area contributed by atoms with Crippen LogP contribution in [0.4, 0.5) is 5.69 Å². The second-order valence-corrected chi connectivity index (χ2v) is 9.10. The lowest BCUT2D eigenvalue weighted by molar-refractivity contribution is -0.118. The quantitative estimate of drug-likeness (QED) is 0.631. The van der Waals surface area contributed by atoms with Crippen molar-refractivity contribution in [3.05, 3.63) is 84.4 Å². The van der Waals surface area contributed by atoms with Crippen LogP contribution < -0.4 is 10.0 Å². The van der Waals surface area contributed by atoms with E-state index in [0.29, 0.717) is 0 Å². The molecule has 2 N–H and O–H groups in total. The predicted molar refractivity (Wildman–Crippen MR) is 118 cm³/mol. The van der Waals surface area contributed by atoms with Gasteiger partial charge in [-0.15, -0.1) is 0 Å². The van der Waals surface area contributed by atoms with Crippen molar-refractivity contribution in [2.75, 3.05) is 12.4 Å². The van der Waals surface area contributed by atoms with Gasteiger partial charge in [-0.25, -0.2) is 13.1 Å². The molecule has 152 valence electrons. The standard InChI is InChI=1S/C23H22N2O3S.2H2/c1-24-29(27,28)21-12-10-17(11-13-21)18-6-5-9-20(16-18)25-22(26)23(14-15-23)19-7-3-2-4-8-19;;/h2-13,16,24H,14-15H2,1H3,(H,25,26);2*1H. The second-order valence-electron chi connectivity index (χ2n) is 7.21. The van der Waals surface area contributed by atoms with E-state index >= 15 is 0 Å². The van der Waals surface area contributed by atoms with Crippen LogP contribution in [0.25, 0.3) is 11.1 Å². The highest BCUT2D eigenvalue weighted by molar-refractivity contribution is 7.89. The number of carbonyl (C=O) groups excluding carboxylic acids is 1. The first-order valence-electron chi connectivity index (χ1n) is 9.46. The molecule has 0 atom stereocenters. The maximum atomic E-state index is 12.9. The summed E-state index contributed by atoms with van der Waals surface area (Å²) >= 11 is 0. The van der Waals surface area contributed by atoms with Crippen LogP contribution in [0.3, 0.4) is 0 Å². The lowest BCUT2D eigenvalue weighted by Crippen LogP contribution is -2.27. The Labute approximate surface area is 173 Å². The van der Waals surface area contributed by atoms with Gasteiger partial charge < -0.3 is 5.32 Å². The maximum Gasteiger partial charge on any atom is 0.240 e. The van der Waals surface area contributed by atoms with Crippen LogP contribution in [-0.4, -0.2) is 21.4 Å². The molecule has 1 aliphatic carbocycles. The van der Waals surface area contributed by atoms with Crippen LogP contribution in [0.2, 0.25) is 0 Å². The zero-order valence-corrected chi connectivity index (χ0v) is 16.9. The van der Waals surface area contributed by atoms with Gasteiger partial charge in [-0.1, -0.05) is 54.6 Å². The number of hydrogen-bond donors (Lipinski definition) is 2. The largest absolute Gasteiger partial charge is 0.325 e. The molecule has 0 radical (unpaired) electrons. The Morgan fingerprint density at radius 2 is 1.59 bits per heavy atom. The van der Waals surface area contributed by atoms with E-state index in [1.165, 1.54) is 7.05 Å². The third-order valence-corrected chi connectivity index (χ3v) is 6.83. The van der Waals surface area contributed by atoms with Crippen molar-refractivity contribution < 1.29 is 16.1 Å². The first-order chi connectivity index (χ1) is 13.9. The fourth-order valence-corrected chi connectivity index (χ4v) is 4.23. The summed E-state index contributed by atoms with van der Waals surface area (Å²) in [6.07, 6.45) is 1.70. The van der Waals surface area contributed by atoms with Gasteiger partial charge in [0.2, 0.25) is 15.9 Å². The lowest BCUT2D eigenvalue weighted by Gasteiger charge is -2.16. The zero-order valence-electron chi connectivity index (χ0n) is 16.1. The van der Waals surface area contributed by atoms with Crippen molar-refractivity contribution in [2.24, 2.45) is 0 Å². The zero-order chi connectivity index (χ0) is 20.5. The molecule has 0 unspecified atom stereocenters. The van der Waals surface area contributed by atoms with Gasteiger partial charge in [-0.05, 0) is 60.8 Å². The van der Waals surface area contributed by atoms with E-state index in [2.05, 4.69) is 10.0 Å². The van der Waals surface area contributed by atoms with E-state index in [9.17, 15) is 13.2 Å². The van der Waals surface area contributed by atoms with Crippen molar-refractivity contribution in [2.45, 2.75) is 23.2 Å². The summed E-state index contributed by atoms with van der Waals surface area (Å²) in [5.74, 6) is 0.0105. The monoisotopic (exact) mass is 410 g/mol. The molecule has 0 aliphatic heterocycles. The highest BCUT2D eigenvalue weighted by atomic mass is 32.2. The molecule has 0 aromatic heterocycles. The number of carbonyl (C=O) groups is 1. The molecule has 0 bridgehead atoms. The van der Waals surface area contributed by atoms with Crippen LogP contribution in [0.15, 0.2) is 83.8 Å². The topological polar surface area (TPSA) is 75.3 Å². The normalized spacial score (nSPS) is 14.9. The number of nitrogens with one attached hydrogen (secondary N) is 2. The van der Waals surface area contributed by atoms with Gasteiger partial charge in [0.05, 0.1) is 10.3 Å². The lowest BCUT2D eigenvalue weighted by atomic mass is 9.95. The summed E-state index contributed by atoms with van der Waals surface area (Å²) < 4.78 is 26.1. The van der Waals surface area contributed by atoms with Crippen LogP contribution in [0, 0.1) is 0 Å². The second kappa shape index (κ2) is 7.46. The third kappa shape index (κ3) is 3.81. The number of amides is 1. The Kier molecular flexibility index (Phi) is 4.98. The summed E-state index contributed by atoms with van der Waals surface area (Å²) in [4.78, 5) is 13.2. The molecule has 3 aromatic carbocycles. The molecular weight excluding hydrogens is 384 g/mol. The van der Waals surface area contributed by atoms with E-state index < -0.39 is 15.4 Å². The molecule has 6 heteroatoms. The average molecular weight is 411 g/mol. The van der Waals surface area contributed by atoms with Crippen molar-refractivity contribution in [1.29, 1.82) is 0 Å². The molecule has 1 amide bonds. The van der Waals surface area contributed by atoms with E-state index in [1.807, 2.05) is 54.6 Å². The molecule has 5 nitrogen and oxygen atoms in total. The SMILES string of the molecule is CNS(=O)(=O)c1ccc(-c2cccc(NC(=O)C3(c4ccccc4)CC3)c2)cc1.[HH].[HH]. The highest BCUT2D eigenvalue weighted by Gasteiger charge is 2.51. The van der Waals surface area contributed by atoms with Crippen LogP contribution in [0.1, 0.15) is 21.3 Å². The Morgan fingerprint density at radius 3 is 2.21 bits per heavy atom. The minimum atomic E-state index is -3.46. The number of rotatable bonds is 6. The number of sulfonamides is 1. The number of hydrogen-bond acceptors (Lipinski definition) is 3. The van der Waals surface area contributed by atoms with Crippen molar-refractivity contribution in [3.8, 4) is 11.1 Å². The van der Waals surface area contributed by atoms with Gasteiger partial charge in [-0.2, -0.15) is 0 Å². The van der Waals surface area contributed by atoms with Crippen LogP contribution in [0.5, 0.6) is 0 Å². The molecule has 1 fully saturated rings. The molecule has 1 saturated carbocycles. The summed E-state index contributed by atoms with van der Waals surface area (Å²) in [5, 5.41) is 3.05. The first kappa shape index (κ1) is 19.4. The molecule has 3 aromatic rings. The molecule has 1 aliphatic rings. The van der Waals surface area contributed by atoms with Crippen molar-refractivity contribution in [1.82, 2.24) is 4.72 Å². The van der Waals surface area contributed by atoms with Crippen molar-refractivity contribution in [3.63, 3.8) is 0 Å². The first-order valence-corrected chi connectivity index (χ1v) is 10.9. The van der Waals surface area contributed by atoms with Gasteiger partial charge in [0.25, 0.3) is 0 Å². The predicted octanol–water partition coefficient (Wildman–Crippen LogP) is 4.42. The minimum Gasteiger partial charge on any atom is -0.325 e. The maximum absolute atomic E-state index is 12.9. The third-order valence-electron chi connectivity index (χ3n) is 5.40. The molecule has 29 heavy (non-hydrogen) atoms. The van der Waals surface area contributed by atoms with E-state index in [1.54, 1.807) is 24.3 Å². The smallest absolute Gasteiger partial charge is 0.240 e. The molecule has 4 rings (SSSR count). The Balaban J connectivity index is 0.00000171. The highest BCUT2D eigenvalue weighted by Crippen LogP contribution is 2.49. The van der Waals surface area contributed by atoms with Gasteiger partial charge >= 0.3 is 0 Å². The average Bonchev–Trinajstić information content (AvgIpc) is 3.57. The van der Waals surface area contributed by atoms with Crippen LogP contribution >= 0.6 is 0 Å². The van der Waals surface area contributed by atoms with Crippen molar-refractivity contribution >= 4 is 21.6 Å². The van der Waals surface area contributed by atoms with Gasteiger partial charge in [-0.3, -0.25) is 4.79 Å². The fourth-order valence-electron chi connectivity index (χ4n) is 3.50.